The zero-order valence-corrected chi connectivity index (χ0v) is 23.9. The van der Waals surface area contributed by atoms with E-state index in [0.717, 1.165) is 27.6 Å². The molecule has 3 aromatic carbocycles. The Balaban J connectivity index is 1.82. The summed E-state index contributed by atoms with van der Waals surface area (Å²) in [7, 11) is 0. The molecule has 3 aromatic rings. The first-order chi connectivity index (χ1) is 18.3. The molecular weight excluding hydrogens is 566 g/mol. The molecule has 0 radical (unpaired) electrons. The van der Waals surface area contributed by atoms with Gasteiger partial charge < -0.3 is 10.2 Å². The van der Waals surface area contributed by atoms with Gasteiger partial charge in [-0.15, -0.1) is 11.8 Å². The zero-order valence-electron chi connectivity index (χ0n) is 21.5. The molecule has 0 saturated heterocycles. The maximum atomic E-state index is 13.7. The van der Waals surface area contributed by atoms with Gasteiger partial charge in [-0.25, -0.2) is 0 Å². The third kappa shape index (κ3) is 8.99. The van der Waals surface area contributed by atoms with Crippen molar-refractivity contribution in [2.75, 3.05) is 5.75 Å². The lowest BCUT2D eigenvalue weighted by Crippen LogP contribution is -2.52. The van der Waals surface area contributed by atoms with Crippen LogP contribution in [0.1, 0.15) is 37.0 Å². The van der Waals surface area contributed by atoms with Gasteiger partial charge in [0.05, 0.1) is 10.7 Å². The zero-order chi connectivity index (χ0) is 27.5. The highest BCUT2D eigenvalue weighted by atomic mass is 79.9. The average molecular weight is 599 g/mol. The third-order valence-corrected chi connectivity index (χ3v) is 7.70. The summed E-state index contributed by atoms with van der Waals surface area (Å²) in [4.78, 5) is 39.3. The van der Waals surface area contributed by atoms with E-state index in [1.54, 1.807) is 17.0 Å². The number of hydrogen-bond donors (Lipinski definition) is 1. The number of carbonyl (C=O) groups excluding carboxylic acids is 2. The fourth-order valence-corrected chi connectivity index (χ4v) is 4.97. The van der Waals surface area contributed by atoms with E-state index in [1.807, 2.05) is 68.4 Å². The second-order valence-corrected chi connectivity index (χ2v) is 11.0. The molecule has 0 spiro atoms. The Kier molecular flexibility index (Phi) is 11.4. The Morgan fingerprint density at radius 1 is 0.974 bits per heavy atom. The molecule has 7 nitrogen and oxygen atoms in total. The van der Waals surface area contributed by atoms with Crippen LogP contribution in [0.4, 0.5) is 5.69 Å². The van der Waals surface area contributed by atoms with Crippen LogP contribution in [0.3, 0.4) is 0 Å². The van der Waals surface area contributed by atoms with Crippen LogP contribution in [0.15, 0.2) is 83.3 Å². The number of non-ortho nitro benzene ring substituents is 1. The van der Waals surface area contributed by atoms with Gasteiger partial charge in [0.25, 0.3) is 5.69 Å². The molecule has 1 N–H and O–H groups in total. The summed E-state index contributed by atoms with van der Waals surface area (Å²) < 4.78 is 0.938. The molecule has 9 heteroatoms. The van der Waals surface area contributed by atoms with E-state index >= 15 is 0 Å². The van der Waals surface area contributed by atoms with E-state index in [4.69, 9.17) is 0 Å². The number of thioether (sulfide) groups is 1. The van der Waals surface area contributed by atoms with Crippen molar-refractivity contribution in [2.24, 2.45) is 0 Å². The predicted octanol–water partition coefficient (Wildman–Crippen LogP) is 6.15. The highest BCUT2D eigenvalue weighted by Crippen LogP contribution is 2.21. The fraction of sp³-hybridized carbons (Fsp3) is 0.310. The molecule has 2 amide bonds. The first-order valence-electron chi connectivity index (χ1n) is 12.5. The van der Waals surface area contributed by atoms with E-state index in [0.29, 0.717) is 18.7 Å². The van der Waals surface area contributed by atoms with Crippen LogP contribution in [0, 0.1) is 10.1 Å². The molecule has 0 aliphatic heterocycles. The van der Waals surface area contributed by atoms with E-state index < -0.39 is 11.0 Å². The molecule has 2 atom stereocenters. The summed E-state index contributed by atoms with van der Waals surface area (Å²) in [5.41, 5.74) is 2.83. The molecule has 0 saturated carbocycles. The largest absolute Gasteiger partial charge is 0.352 e. The van der Waals surface area contributed by atoms with Crippen molar-refractivity contribution in [3.05, 3.63) is 110 Å². The number of rotatable bonds is 13. The highest BCUT2D eigenvalue weighted by Gasteiger charge is 2.30. The lowest BCUT2D eigenvalue weighted by atomic mass is 10.0. The van der Waals surface area contributed by atoms with Crippen LogP contribution in [-0.2, 0) is 28.3 Å². The summed E-state index contributed by atoms with van der Waals surface area (Å²) in [5, 5.41) is 14.0. The van der Waals surface area contributed by atoms with E-state index in [-0.39, 0.29) is 29.3 Å². The Morgan fingerprint density at radius 3 is 2.21 bits per heavy atom. The maximum absolute atomic E-state index is 13.7. The first-order valence-corrected chi connectivity index (χ1v) is 14.4. The molecule has 3 rings (SSSR count). The standard InChI is InChI=1S/C29H32BrN3O4S/c1-3-21(2)31-29(35)27(17-22-7-5-4-6-8-22)32(18-23-9-13-25(30)14-10-23)28(34)20-38-19-24-11-15-26(16-12-24)33(36)37/h4-16,21,27H,3,17-20H2,1-2H3,(H,31,35)/t21-,27-/m1/s1. The van der Waals surface area contributed by atoms with Gasteiger partial charge in [-0.05, 0) is 42.2 Å². The molecule has 0 bridgehead atoms. The third-order valence-electron chi connectivity index (χ3n) is 6.18. The quantitative estimate of drug-likeness (QED) is 0.188. The topological polar surface area (TPSA) is 92.6 Å². The summed E-state index contributed by atoms with van der Waals surface area (Å²) in [5.74, 6) is 0.391. The molecular formula is C29H32BrN3O4S. The van der Waals surface area contributed by atoms with E-state index in [2.05, 4.69) is 21.2 Å². The summed E-state index contributed by atoms with van der Waals surface area (Å²) in [6.45, 7) is 4.27. The minimum atomic E-state index is -0.678. The number of benzene rings is 3. The second kappa shape index (κ2) is 14.7. The number of nitro groups is 1. The van der Waals surface area contributed by atoms with Gasteiger partial charge in [0, 0.05) is 41.4 Å². The molecule has 0 aliphatic rings. The van der Waals surface area contributed by atoms with E-state index in [9.17, 15) is 19.7 Å². The van der Waals surface area contributed by atoms with Crippen LogP contribution >= 0.6 is 27.7 Å². The van der Waals surface area contributed by atoms with Crippen LogP contribution in [0.2, 0.25) is 0 Å². The highest BCUT2D eigenvalue weighted by molar-refractivity contribution is 9.10. The van der Waals surface area contributed by atoms with Crippen LogP contribution < -0.4 is 5.32 Å². The number of hydrogen-bond acceptors (Lipinski definition) is 5. The van der Waals surface area contributed by atoms with Gasteiger partial charge in [-0.3, -0.25) is 19.7 Å². The predicted molar refractivity (Wildman–Crippen MR) is 156 cm³/mol. The number of nitrogens with zero attached hydrogens (tertiary/aromatic N) is 2. The lowest BCUT2D eigenvalue weighted by molar-refractivity contribution is -0.384. The Morgan fingerprint density at radius 2 is 1.61 bits per heavy atom. The number of halogens is 1. The monoisotopic (exact) mass is 597 g/mol. The molecule has 0 unspecified atom stereocenters. The van der Waals surface area contributed by atoms with Crippen molar-refractivity contribution in [3.8, 4) is 0 Å². The van der Waals surface area contributed by atoms with Gasteiger partial charge in [-0.2, -0.15) is 0 Å². The van der Waals surface area contributed by atoms with Crippen molar-refractivity contribution in [1.29, 1.82) is 0 Å². The number of carbonyl (C=O) groups is 2. The average Bonchev–Trinajstić information content (AvgIpc) is 2.92. The van der Waals surface area contributed by atoms with Crippen molar-refractivity contribution in [3.63, 3.8) is 0 Å². The van der Waals surface area contributed by atoms with Crippen LogP contribution in [0.25, 0.3) is 0 Å². The summed E-state index contributed by atoms with van der Waals surface area (Å²) in [6.07, 6.45) is 1.19. The van der Waals surface area contributed by atoms with Gasteiger partial charge in [0.15, 0.2) is 0 Å². The maximum Gasteiger partial charge on any atom is 0.269 e. The summed E-state index contributed by atoms with van der Waals surface area (Å²) >= 11 is 4.88. The fourth-order valence-electron chi connectivity index (χ4n) is 3.83. The molecule has 0 aromatic heterocycles. The van der Waals surface area contributed by atoms with Crippen molar-refractivity contribution < 1.29 is 14.5 Å². The van der Waals surface area contributed by atoms with Crippen LogP contribution in [-0.4, -0.2) is 39.5 Å². The Labute approximate surface area is 236 Å². The minimum absolute atomic E-state index is 0.0121. The van der Waals surface area contributed by atoms with Crippen molar-refractivity contribution >= 4 is 45.2 Å². The smallest absolute Gasteiger partial charge is 0.269 e. The minimum Gasteiger partial charge on any atom is -0.352 e. The van der Waals surface area contributed by atoms with Gasteiger partial charge in [-0.1, -0.05) is 77.5 Å². The Bertz CT molecular complexity index is 1210. The SMILES string of the molecule is CC[C@@H](C)NC(=O)[C@@H](Cc1ccccc1)N(Cc1ccc(Br)cc1)C(=O)CSCc1ccc([N+](=O)[O-])cc1. The first kappa shape index (κ1) is 29.4. The second-order valence-electron chi connectivity index (χ2n) is 9.09. The van der Waals surface area contributed by atoms with Gasteiger partial charge in [0.2, 0.25) is 11.8 Å². The number of nitrogens with one attached hydrogen (secondary N) is 1. The van der Waals surface area contributed by atoms with Crippen molar-refractivity contribution in [2.45, 2.75) is 51.1 Å². The Hall–Kier alpha value is -3.17. The van der Waals surface area contributed by atoms with Crippen LogP contribution in [0.5, 0.6) is 0 Å². The molecule has 38 heavy (non-hydrogen) atoms. The number of amides is 2. The summed E-state index contributed by atoms with van der Waals surface area (Å²) in [6, 6.07) is 23.1. The van der Waals surface area contributed by atoms with Crippen molar-refractivity contribution in [1.82, 2.24) is 10.2 Å². The number of nitro benzene ring substituents is 1. The molecule has 200 valence electrons. The van der Waals surface area contributed by atoms with Gasteiger partial charge >= 0.3 is 0 Å². The molecule has 0 fully saturated rings. The lowest BCUT2D eigenvalue weighted by Gasteiger charge is -2.32. The van der Waals surface area contributed by atoms with E-state index in [1.165, 1.54) is 23.9 Å². The molecule has 0 heterocycles. The normalized spacial score (nSPS) is 12.4. The molecule has 0 aliphatic carbocycles. The van der Waals surface area contributed by atoms with Gasteiger partial charge in [0.1, 0.15) is 6.04 Å².